The maximum atomic E-state index is 5.67. The summed E-state index contributed by atoms with van der Waals surface area (Å²) in [6, 6.07) is 6.16. The van der Waals surface area contributed by atoms with Crippen molar-refractivity contribution in [2.75, 3.05) is 13.1 Å². The lowest BCUT2D eigenvalue weighted by Gasteiger charge is -2.20. The van der Waals surface area contributed by atoms with Crippen LogP contribution in [-0.2, 0) is 7.05 Å². The van der Waals surface area contributed by atoms with Crippen LogP contribution < -0.4 is 5.32 Å². The monoisotopic (exact) mass is 245 g/mol. The van der Waals surface area contributed by atoms with Gasteiger partial charge in [-0.3, -0.25) is 4.68 Å². The second-order valence-electron chi connectivity index (χ2n) is 5.03. The van der Waals surface area contributed by atoms with E-state index in [4.69, 9.17) is 4.42 Å². The van der Waals surface area contributed by atoms with Crippen molar-refractivity contribution in [2.45, 2.75) is 25.7 Å². The molecule has 2 aromatic heterocycles. The molecule has 1 saturated heterocycles. The first kappa shape index (κ1) is 11.5. The fourth-order valence-electron chi connectivity index (χ4n) is 2.60. The molecule has 0 spiro atoms. The molecule has 1 unspecified atom stereocenters. The van der Waals surface area contributed by atoms with Crippen LogP contribution >= 0.6 is 0 Å². The van der Waals surface area contributed by atoms with Crippen molar-refractivity contribution in [1.29, 1.82) is 0 Å². The molecule has 96 valence electrons. The Balaban J connectivity index is 1.90. The Morgan fingerprint density at radius 2 is 2.33 bits per heavy atom. The van der Waals surface area contributed by atoms with Gasteiger partial charge in [0.25, 0.3) is 0 Å². The molecule has 0 radical (unpaired) electrons. The molecule has 4 heteroatoms. The zero-order chi connectivity index (χ0) is 12.5. The number of hydrogen-bond donors (Lipinski definition) is 1. The molecule has 1 atom stereocenters. The van der Waals surface area contributed by atoms with Crippen LogP contribution in [0.5, 0.6) is 0 Å². The number of aromatic nitrogens is 2. The van der Waals surface area contributed by atoms with Crippen molar-refractivity contribution in [3.05, 3.63) is 29.7 Å². The Bertz CT molecular complexity index is 535. The van der Waals surface area contributed by atoms with Crippen molar-refractivity contribution in [3.8, 4) is 11.5 Å². The van der Waals surface area contributed by atoms with Crippen LogP contribution in [0.15, 0.2) is 22.6 Å². The predicted octanol–water partition coefficient (Wildman–Crippen LogP) is 2.46. The Kier molecular flexibility index (Phi) is 2.96. The van der Waals surface area contributed by atoms with Gasteiger partial charge in [0.05, 0.1) is 5.69 Å². The quantitative estimate of drug-likeness (QED) is 0.883. The van der Waals surface area contributed by atoms with E-state index in [9.17, 15) is 0 Å². The number of nitrogens with zero attached hydrogens (tertiary/aromatic N) is 2. The normalized spacial score (nSPS) is 20.2. The maximum Gasteiger partial charge on any atom is 0.152 e. The Morgan fingerprint density at radius 1 is 1.44 bits per heavy atom. The maximum absolute atomic E-state index is 5.67. The van der Waals surface area contributed by atoms with Crippen molar-refractivity contribution in [1.82, 2.24) is 15.1 Å². The minimum atomic E-state index is 0.537. The molecular formula is C14H19N3O. The van der Waals surface area contributed by atoms with Gasteiger partial charge in [-0.25, -0.2) is 0 Å². The highest BCUT2D eigenvalue weighted by Gasteiger charge is 2.20. The van der Waals surface area contributed by atoms with Gasteiger partial charge >= 0.3 is 0 Å². The summed E-state index contributed by atoms with van der Waals surface area (Å²) in [5.41, 5.74) is 2.23. The summed E-state index contributed by atoms with van der Waals surface area (Å²) in [7, 11) is 1.98. The van der Waals surface area contributed by atoms with E-state index in [0.717, 1.165) is 30.3 Å². The van der Waals surface area contributed by atoms with Crippen molar-refractivity contribution in [3.63, 3.8) is 0 Å². The molecule has 18 heavy (non-hydrogen) atoms. The molecule has 0 aromatic carbocycles. The molecule has 0 aliphatic carbocycles. The van der Waals surface area contributed by atoms with Gasteiger partial charge in [-0.1, -0.05) is 0 Å². The van der Waals surface area contributed by atoms with E-state index < -0.39 is 0 Å². The van der Waals surface area contributed by atoms with Crippen molar-refractivity contribution >= 4 is 0 Å². The van der Waals surface area contributed by atoms with Gasteiger partial charge in [-0.05, 0) is 44.5 Å². The number of nitrogens with one attached hydrogen (secondary N) is 1. The van der Waals surface area contributed by atoms with E-state index in [2.05, 4.69) is 16.5 Å². The average molecular weight is 245 g/mol. The van der Waals surface area contributed by atoms with E-state index in [1.807, 2.05) is 30.8 Å². The average Bonchev–Trinajstić information content (AvgIpc) is 2.97. The van der Waals surface area contributed by atoms with E-state index in [0.29, 0.717) is 5.92 Å². The summed E-state index contributed by atoms with van der Waals surface area (Å²) in [5, 5.41) is 8.07. The molecule has 3 heterocycles. The first-order valence-electron chi connectivity index (χ1n) is 6.55. The highest BCUT2D eigenvalue weighted by Crippen LogP contribution is 2.28. The molecule has 0 bridgehead atoms. The third kappa shape index (κ3) is 2.08. The second kappa shape index (κ2) is 4.61. The lowest BCUT2D eigenvalue weighted by atomic mass is 9.96. The second-order valence-corrected chi connectivity index (χ2v) is 5.03. The van der Waals surface area contributed by atoms with Crippen LogP contribution in [0.25, 0.3) is 11.5 Å². The first-order valence-corrected chi connectivity index (χ1v) is 6.55. The van der Waals surface area contributed by atoms with Crippen LogP contribution in [0.2, 0.25) is 0 Å². The van der Waals surface area contributed by atoms with Crippen molar-refractivity contribution in [2.24, 2.45) is 7.05 Å². The smallest absolute Gasteiger partial charge is 0.152 e. The molecule has 4 nitrogen and oxygen atoms in total. The number of aryl methyl sites for hydroxylation is 2. The van der Waals surface area contributed by atoms with Crippen LogP contribution in [-0.4, -0.2) is 22.9 Å². The molecular weight excluding hydrogens is 226 g/mol. The van der Waals surface area contributed by atoms with Crippen LogP contribution in [0.4, 0.5) is 0 Å². The van der Waals surface area contributed by atoms with Crippen LogP contribution in [0, 0.1) is 6.92 Å². The standard InChI is InChI=1S/C14H19N3O/c1-10-5-6-14(18-10)13-8-12(16-17(13)2)11-4-3-7-15-9-11/h5-6,8,11,15H,3-4,7,9H2,1-2H3. The van der Waals surface area contributed by atoms with E-state index in [-0.39, 0.29) is 0 Å². The molecule has 0 amide bonds. The first-order chi connectivity index (χ1) is 8.74. The van der Waals surface area contributed by atoms with E-state index in [1.165, 1.54) is 18.5 Å². The van der Waals surface area contributed by atoms with Crippen molar-refractivity contribution < 1.29 is 4.42 Å². The fraction of sp³-hybridized carbons (Fsp3) is 0.500. The largest absolute Gasteiger partial charge is 0.460 e. The number of furan rings is 1. The molecule has 3 rings (SSSR count). The summed E-state index contributed by atoms with van der Waals surface area (Å²) < 4.78 is 7.59. The zero-order valence-electron chi connectivity index (χ0n) is 10.9. The van der Waals surface area contributed by atoms with Crippen LogP contribution in [0.3, 0.4) is 0 Å². The fourth-order valence-corrected chi connectivity index (χ4v) is 2.60. The number of rotatable bonds is 2. The summed E-state index contributed by atoms with van der Waals surface area (Å²) in [5.74, 6) is 2.37. The lowest BCUT2D eigenvalue weighted by molar-refractivity contribution is 0.451. The third-order valence-electron chi connectivity index (χ3n) is 3.61. The van der Waals surface area contributed by atoms with Gasteiger partial charge in [0, 0.05) is 19.5 Å². The SMILES string of the molecule is Cc1ccc(-c2cc(C3CCCNC3)nn2C)o1. The minimum Gasteiger partial charge on any atom is -0.460 e. The Labute approximate surface area is 107 Å². The van der Waals surface area contributed by atoms with Gasteiger partial charge < -0.3 is 9.73 Å². The molecule has 1 fully saturated rings. The third-order valence-corrected chi connectivity index (χ3v) is 3.61. The summed E-state index contributed by atoms with van der Waals surface area (Å²) in [6.45, 7) is 4.13. The molecule has 1 N–H and O–H groups in total. The Morgan fingerprint density at radius 3 is 3.00 bits per heavy atom. The lowest BCUT2D eigenvalue weighted by Crippen LogP contribution is -2.28. The Hall–Kier alpha value is -1.55. The summed E-state index contributed by atoms with van der Waals surface area (Å²) >= 11 is 0. The van der Waals surface area contributed by atoms with E-state index in [1.54, 1.807) is 0 Å². The van der Waals surface area contributed by atoms with Gasteiger partial charge in [-0.15, -0.1) is 0 Å². The predicted molar refractivity (Wildman–Crippen MR) is 70.5 cm³/mol. The minimum absolute atomic E-state index is 0.537. The topological polar surface area (TPSA) is 43.0 Å². The van der Waals surface area contributed by atoms with Gasteiger partial charge in [-0.2, -0.15) is 5.10 Å². The summed E-state index contributed by atoms with van der Waals surface area (Å²) in [4.78, 5) is 0. The number of piperidine rings is 1. The number of hydrogen-bond acceptors (Lipinski definition) is 3. The van der Waals surface area contributed by atoms with Gasteiger partial charge in [0.1, 0.15) is 11.5 Å². The summed E-state index contributed by atoms with van der Waals surface area (Å²) in [6.07, 6.45) is 2.46. The highest BCUT2D eigenvalue weighted by molar-refractivity contribution is 5.53. The van der Waals surface area contributed by atoms with Gasteiger partial charge in [0.2, 0.25) is 0 Å². The highest BCUT2D eigenvalue weighted by atomic mass is 16.3. The molecule has 1 aliphatic rings. The molecule has 2 aromatic rings. The van der Waals surface area contributed by atoms with E-state index >= 15 is 0 Å². The molecule has 0 saturated carbocycles. The zero-order valence-corrected chi connectivity index (χ0v) is 10.9. The van der Waals surface area contributed by atoms with Gasteiger partial charge in [0.15, 0.2) is 5.76 Å². The molecule has 1 aliphatic heterocycles. The van der Waals surface area contributed by atoms with Crippen LogP contribution in [0.1, 0.15) is 30.2 Å².